The first-order valence-corrected chi connectivity index (χ1v) is 5.33. The molecule has 1 aromatic heterocycles. The molecule has 0 atom stereocenters. The van der Waals surface area contributed by atoms with Crippen LogP contribution in [0.3, 0.4) is 0 Å². The molecule has 4 nitrogen and oxygen atoms in total. The highest BCUT2D eigenvalue weighted by atomic mass is 16.5. The van der Waals surface area contributed by atoms with Gasteiger partial charge in [0.15, 0.2) is 5.82 Å². The fourth-order valence-electron chi connectivity index (χ4n) is 1.98. The summed E-state index contributed by atoms with van der Waals surface area (Å²) in [5.74, 6) is 1.87. The molecule has 1 aliphatic carbocycles. The van der Waals surface area contributed by atoms with Gasteiger partial charge >= 0.3 is 0 Å². The number of hydrogen-bond donors (Lipinski definition) is 1. The molecule has 0 aromatic carbocycles. The van der Waals surface area contributed by atoms with Crippen LogP contribution in [0.4, 0.5) is 0 Å². The minimum Gasteiger partial charge on any atom is -0.396 e. The van der Waals surface area contributed by atoms with Crippen molar-refractivity contribution in [1.29, 1.82) is 0 Å². The topological polar surface area (TPSA) is 59.2 Å². The lowest BCUT2D eigenvalue weighted by Gasteiger charge is -2.17. The van der Waals surface area contributed by atoms with Crippen LogP contribution in [-0.2, 0) is 6.42 Å². The summed E-state index contributed by atoms with van der Waals surface area (Å²) in [6.07, 6.45) is 6.69. The number of aromatic nitrogens is 2. The molecule has 0 bridgehead atoms. The lowest BCUT2D eigenvalue weighted by molar-refractivity contribution is 0.289. The van der Waals surface area contributed by atoms with Gasteiger partial charge in [0.2, 0.25) is 5.89 Å². The largest absolute Gasteiger partial charge is 0.396 e. The van der Waals surface area contributed by atoms with Gasteiger partial charge in [0.25, 0.3) is 0 Å². The highest BCUT2D eigenvalue weighted by molar-refractivity contribution is 4.95. The molecular formula is C10H16N2O2. The van der Waals surface area contributed by atoms with E-state index in [0.29, 0.717) is 18.2 Å². The van der Waals surface area contributed by atoms with Crippen molar-refractivity contribution in [3.63, 3.8) is 0 Å². The van der Waals surface area contributed by atoms with Gasteiger partial charge in [-0.3, -0.25) is 0 Å². The molecule has 1 aliphatic rings. The van der Waals surface area contributed by atoms with E-state index in [9.17, 15) is 0 Å². The van der Waals surface area contributed by atoms with Crippen molar-refractivity contribution >= 4 is 0 Å². The van der Waals surface area contributed by atoms with Crippen molar-refractivity contribution in [3.05, 3.63) is 11.7 Å². The molecule has 1 saturated carbocycles. The summed E-state index contributed by atoms with van der Waals surface area (Å²) >= 11 is 0. The van der Waals surface area contributed by atoms with E-state index < -0.39 is 0 Å². The van der Waals surface area contributed by atoms with Gasteiger partial charge in [0.05, 0.1) is 6.61 Å². The van der Waals surface area contributed by atoms with Crippen molar-refractivity contribution in [3.8, 4) is 0 Å². The zero-order valence-electron chi connectivity index (χ0n) is 8.28. The van der Waals surface area contributed by atoms with Crippen LogP contribution in [0.5, 0.6) is 0 Å². The molecule has 2 rings (SSSR count). The SMILES string of the molecule is OCCc1noc(C2CCCCC2)n1. The highest BCUT2D eigenvalue weighted by Crippen LogP contribution is 2.31. The van der Waals surface area contributed by atoms with E-state index in [1.165, 1.54) is 32.1 Å². The van der Waals surface area contributed by atoms with Crippen molar-refractivity contribution in [2.75, 3.05) is 6.61 Å². The predicted octanol–water partition coefficient (Wildman–Crippen LogP) is 1.65. The Morgan fingerprint density at radius 1 is 1.29 bits per heavy atom. The molecule has 1 aromatic rings. The smallest absolute Gasteiger partial charge is 0.229 e. The molecule has 4 heteroatoms. The molecule has 0 radical (unpaired) electrons. The van der Waals surface area contributed by atoms with Crippen LogP contribution >= 0.6 is 0 Å². The summed E-state index contributed by atoms with van der Waals surface area (Å²) < 4.78 is 5.18. The van der Waals surface area contributed by atoms with Crippen molar-refractivity contribution in [2.45, 2.75) is 44.4 Å². The molecule has 1 N–H and O–H groups in total. The fourth-order valence-corrected chi connectivity index (χ4v) is 1.98. The van der Waals surface area contributed by atoms with Crippen molar-refractivity contribution in [1.82, 2.24) is 10.1 Å². The second-order valence-electron chi connectivity index (χ2n) is 3.86. The number of hydrogen-bond acceptors (Lipinski definition) is 4. The van der Waals surface area contributed by atoms with Crippen LogP contribution in [0.15, 0.2) is 4.52 Å². The van der Waals surface area contributed by atoms with E-state index in [-0.39, 0.29) is 6.61 Å². The van der Waals surface area contributed by atoms with Crippen molar-refractivity contribution < 1.29 is 9.63 Å². The Balaban J connectivity index is 2.00. The van der Waals surface area contributed by atoms with Gasteiger partial charge in [-0.05, 0) is 12.8 Å². The van der Waals surface area contributed by atoms with Crippen LogP contribution in [-0.4, -0.2) is 21.9 Å². The molecule has 0 spiro atoms. The average molecular weight is 196 g/mol. The Hall–Kier alpha value is -0.900. The third-order valence-corrected chi connectivity index (χ3v) is 2.77. The maximum Gasteiger partial charge on any atom is 0.229 e. The monoisotopic (exact) mass is 196 g/mol. The molecule has 0 amide bonds. The number of rotatable bonds is 3. The summed E-state index contributed by atoms with van der Waals surface area (Å²) in [5, 5.41) is 12.6. The summed E-state index contributed by atoms with van der Waals surface area (Å²) in [4.78, 5) is 4.29. The Kier molecular flexibility index (Phi) is 3.14. The minimum absolute atomic E-state index is 0.0869. The highest BCUT2D eigenvalue weighted by Gasteiger charge is 2.21. The number of aliphatic hydroxyl groups is 1. The van der Waals surface area contributed by atoms with Gasteiger partial charge in [0, 0.05) is 12.3 Å². The molecule has 0 saturated heterocycles. The zero-order valence-corrected chi connectivity index (χ0v) is 8.28. The van der Waals surface area contributed by atoms with E-state index >= 15 is 0 Å². The fraction of sp³-hybridized carbons (Fsp3) is 0.800. The Morgan fingerprint density at radius 3 is 2.79 bits per heavy atom. The standard InChI is InChI=1S/C10H16N2O2/c13-7-6-9-11-10(14-12-9)8-4-2-1-3-5-8/h8,13H,1-7H2. The summed E-state index contributed by atoms with van der Waals surface area (Å²) in [6.45, 7) is 0.0869. The third-order valence-electron chi connectivity index (χ3n) is 2.77. The first-order valence-electron chi connectivity index (χ1n) is 5.33. The molecular weight excluding hydrogens is 180 g/mol. The molecule has 14 heavy (non-hydrogen) atoms. The minimum atomic E-state index is 0.0869. The van der Waals surface area contributed by atoms with Gasteiger partial charge < -0.3 is 9.63 Å². The van der Waals surface area contributed by atoms with Gasteiger partial charge in [-0.2, -0.15) is 4.98 Å². The molecule has 0 unspecified atom stereocenters. The second-order valence-corrected chi connectivity index (χ2v) is 3.86. The van der Waals surface area contributed by atoms with Crippen LogP contribution in [0.1, 0.15) is 49.7 Å². The molecule has 78 valence electrons. The van der Waals surface area contributed by atoms with E-state index in [2.05, 4.69) is 10.1 Å². The van der Waals surface area contributed by atoms with E-state index in [0.717, 1.165) is 5.89 Å². The normalized spacial score (nSPS) is 18.6. The lowest BCUT2D eigenvalue weighted by atomic mass is 9.89. The Bertz CT molecular complexity index is 279. The zero-order chi connectivity index (χ0) is 9.80. The van der Waals surface area contributed by atoms with Gasteiger partial charge in [-0.15, -0.1) is 0 Å². The van der Waals surface area contributed by atoms with Crippen LogP contribution in [0, 0.1) is 0 Å². The van der Waals surface area contributed by atoms with Crippen LogP contribution in [0.25, 0.3) is 0 Å². The Labute approximate surface area is 83.3 Å². The van der Waals surface area contributed by atoms with Crippen LogP contribution < -0.4 is 0 Å². The van der Waals surface area contributed by atoms with Gasteiger partial charge in [-0.25, -0.2) is 0 Å². The maximum absolute atomic E-state index is 8.72. The molecule has 0 aliphatic heterocycles. The third kappa shape index (κ3) is 2.12. The predicted molar refractivity (Wildman–Crippen MR) is 50.9 cm³/mol. The summed E-state index contributed by atoms with van der Waals surface area (Å²) in [7, 11) is 0. The quantitative estimate of drug-likeness (QED) is 0.798. The van der Waals surface area contributed by atoms with Gasteiger partial charge in [0.1, 0.15) is 0 Å². The van der Waals surface area contributed by atoms with Crippen molar-refractivity contribution in [2.24, 2.45) is 0 Å². The van der Waals surface area contributed by atoms with E-state index in [1.807, 2.05) is 0 Å². The van der Waals surface area contributed by atoms with E-state index in [1.54, 1.807) is 0 Å². The summed E-state index contributed by atoms with van der Waals surface area (Å²) in [6, 6.07) is 0. The first-order chi connectivity index (χ1) is 6.90. The van der Waals surface area contributed by atoms with Gasteiger partial charge in [-0.1, -0.05) is 24.4 Å². The average Bonchev–Trinajstić information content (AvgIpc) is 2.68. The first kappa shape index (κ1) is 9.65. The van der Waals surface area contributed by atoms with E-state index in [4.69, 9.17) is 9.63 Å². The van der Waals surface area contributed by atoms with Crippen LogP contribution in [0.2, 0.25) is 0 Å². The Morgan fingerprint density at radius 2 is 2.07 bits per heavy atom. The molecule has 1 fully saturated rings. The number of nitrogens with zero attached hydrogens (tertiary/aromatic N) is 2. The lowest BCUT2D eigenvalue weighted by Crippen LogP contribution is -2.05. The molecule has 1 heterocycles. The maximum atomic E-state index is 8.72. The number of aliphatic hydroxyl groups excluding tert-OH is 1. The second kappa shape index (κ2) is 4.55. The summed E-state index contributed by atoms with van der Waals surface area (Å²) in [5.41, 5.74) is 0.